The number of rotatable bonds is 6. The summed E-state index contributed by atoms with van der Waals surface area (Å²) >= 11 is 3.41. The van der Waals surface area contributed by atoms with Gasteiger partial charge in [0, 0.05) is 4.47 Å². The lowest BCUT2D eigenvalue weighted by Gasteiger charge is -2.16. The van der Waals surface area contributed by atoms with Crippen molar-refractivity contribution in [1.82, 2.24) is 0 Å². The van der Waals surface area contributed by atoms with Crippen LogP contribution in [-0.2, 0) is 12.8 Å². The highest BCUT2D eigenvalue weighted by atomic mass is 79.9. The van der Waals surface area contributed by atoms with Gasteiger partial charge in [-0.25, -0.2) is 4.39 Å². The van der Waals surface area contributed by atoms with Crippen LogP contribution >= 0.6 is 15.9 Å². The summed E-state index contributed by atoms with van der Waals surface area (Å²) in [5.41, 5.74) is 8.20. The van der Waals surface area contributed by atoms with Gasteiger partial charge in [-0.05, 0) is 60.7 Å². The van der Waals surface area contributed by atoms with Crippen LogP contribution < -0.4 is 10.5 Å². The summed E-state index contributed by atoms with van der Waals surface area (Å²) in [4.78, 5) is 0. The fourth-order valence-electron chi connectivity index (χ4n) is 2.33. The van der Waals surface area contributed by atoms with Crippen LogP contribution in [0.15, 0.2) is 46.9 Å². The fourth-order valence-corrected chi connectivity index (χ4v) is 2.84. The molecule has 2 rings (SSSR count). The van der Waals surface area contributed by atoms with Crippen molar-refractivity contribution in [1.29, 1.82) is 0 Å². The Bertz CT molecular complexity index is 586. The van der Waals surface area contributed by atoms with E-state index in [0.29, 0.717) is 12.5 Å². The Morgan fingerprint density at radius 2 is 1.86 bits per heavy atom. The first-order valence-corrected chi connectivity index (χ1v) is 7.68. The number of benzene rings is 2. The van der Waals surface area contributed by atoms with Gasteiger partial charge in [-0.3, -0.25) is 0 Å². The van der Waals surface area contributed by atoms with Crippen LogP contribution in [0.4, 0.5) is 4.39 Å². The molecule has 0 aliphatic heterocycles. The molecular weight excluding hydrogens is 333 g/mol. The van der Waals surface area contributed by atoms with Gasteiger partial charge in [0.25, 0.3) is 0 Å². The van der Waals surface area contributed by atoms with E-state index in [9.17, 15) is 4.39 Å². The zero-order chi connectivity index (χ0) is 15.2. The van der Waals surface area contributed by atoms with Crippen LogP contribution in [0.5, 0.6) is 5.75 Å². The highest BCUT2D eigenvalue weighted by molar-refractivity contribution is 9.10. The molecule has 2 N–H and O–H groups in total. The Morgan fingerprint density at radius 3 is 2.43 bits per heavy atom. The molecule has 0 aliphatic carbocycles. The van der Waals surface area contributed by atoms with Crippen LogP contribution in [-0.4, -0.2) is 13.7 Å². The first-order valence-electron chi connectivity index (χ1n) is 6.89. The Kier molecular flexibility index (Phi) is 5.76. The fraction of sp³-hybridized carbons (Fsp3) is 0.294. The van der Waals surface area contributed by atoms with Gasteiger partial charge in [0.1, 0.15) is 11.6 Å². The van der Waals surface area contributed by atoms with Gasteiger partial charge < -0.3 is 10.5 Å². The first kappa shape index (κ1) is 16.0. The standard InChI is InChI=1S/C17H19BrFNO/c1-21-16-6-2-12(3-7-16)8-13(11-20)9-14-4-5-15(19)10-17(14)18/h2-7,10,13H,8-9,11,20H2,1H3. The smallest absolute Gasteiger partial charge is 0.124 e. The lowest BCUT2D eigenvalue weighted by Crippen LogP contribution is -2.19. The second-order valence-electron chi connectivity index (χ2n) is 5.09. The molecule has 21 heavy (non-hydrogen) atoms. The molecule has 112 valence electrons. The van der Waals surface area contributed by atoms with Crippen molar-refractivity contribution in [2.45, 2.75) is 12.8 Å². The molecule has 2 aromatic carbocycles. The maximum Gasteiger partial charge on any atom is 0.124 e. The minimum Gasteiger partial charge on any atom is -0.497 e. The van der Waals surface area contributed by atoms with Crippen LogP contribution in [0, 0.1) is 11.7 Å². The SMILES string of the molecule is COc1ccc(CC(CN)Cc2ccc(F)cc2Br)cc1. The number of hydrogen-bond donors (Lipinski definition) is 1. The highest BCUT2D eigenvalue weighted by Gasteiger charge is 2.12. The second kappa shape index (κ2) is 7.57. The number of nitrogens with two attached hydrogens (primary N) is 1. The molecule has 0 aromatic heterocycles. The molecule has 1 unspecified atom stereocenters. The molecule has 0 radical (unpaired) electrons. The van der Waals surface area contributed by atoms with Crippen LogP contribution in [0.2, 0.25) is 0 Å². The molecule has 0 saturated heterocycles. The van der Waals surface area contributed by atoms with Crippen molar-refractivity contribution in [2.24, 2.45) is 11.7 Å². The van der Waals surface area contributed by atoms with E-state index >= 15 is 0 Å². The van der Waals surface area contributed by atoms with E-state index in [0.717, 1.165) is 28.6 Å². The average molecular weight is 352 g/mol. The van der Waals surface area contributed by atoms with Crippen molar-refractivity contribution in [2.75, 3.05) is 13.7 Å². The highest BCUT2D eigenvalue weighted by Crippen LogP contribution is 2.23. The van der Waals surface area contributed by atoms with Crippen LogP contribution in [0.25, 0.3) is 0 Å². The summed E-state index contributed by atoms with van der Waals surface area (Å²) in [5, 5.41) is 0. The predicted octanol–water partition coefficient (Wildman–Crippen LogP) is 3.96. The summed E-state index contributed by atoms with van der Waals surface area (Å²) in [6.07, 6.45) is 1.72. The van der Waals surface area contributed by atoms with E-state index in [4.69, 9.17) is 10.5 Å². The summed E-state index contributed by atoms with van der Waals surface area (Å²) in [7, 11) is 1.66. The van der Waals surface area contributed by atoms with Crippen molar-refractivity contribution in [3.63, 3.8) is 0 Å². The van der Waals surface area contributed by atoms with Crippen molar-refractivity contribution >= 4 is 15.9 Å². The number of halogens is 2. The molecule has 0 saturated carbocycles. The largest absolute Gasteiger partial charge is 0.497 e. The number of ether oxygens (including phenoxy) is 1. The minimum absolute atomic E-state index is 0.231. The van der Waals surface area contributed by atoms with Gasteiger partial charge in [-0.1, -0.05) is 34.1 Å². The predicted molar refractivity (Wildman–Crippen MR) is 87.0 cm³/mol. The Labute approximate surface area is 133 Å². The van der Waals surface area contributed by atoms with E-state index in [-0.39, 0.29) is 5.82 Å². The summed E-state index contributed by atoms with van der Waals surface area (Å²) in [6, 6.07) is 12.8. The molecule has 0 amide bonds. The van der Waals surface area contributed by atoms with Gasteiger partial charge >= 0.3 is 0 Å². The summed E-state index contributed by atoms with van der Waals surface area (Å²) in [5.74, 6) is 0.939. The lowest BCUT2D eigenvalue weighted by atomic mass is 9.92. The van der Waals surface area contributed by atoms with Gasteiger partial charge in [0.2, 0.25) is 0 Å². The average Bonchev–Trinajstić information content (AvgIpc) is 2.49. The molecular formula is C17H19BrFNO. The normalized spacial score (nSPS) is 12.2. The van der Waals surface area contributed by atoms with Crippen molar-refractivity contribution in [3.05, 3.63) is 63.9 Å². The van der Waals surface area contributed by atoms with Gasteiger partial charge in [-0.2, -0.15) is 0 Å². The van der Waals surface area contributed by atoms with Crippen LogP contribution in [0.3, 0.4) is 0 Å². The third-order valence-electron chi connectivity index (χ3n) is 3.54. The van der Waals surface area contributed by atoms with E-state index in [1.165, 1.54) is 17.7 Å². The number of methoxy groups -OCH3 is 1. The van der Waals surface area contributed by atoms with Gasteiger partial charge in [0.15, 0.2) is 0 Å². The van der Waals surface area contributed by atoms with Crippen LogP contribution in [0.1, 0.15) is 11.1 Å². The zero-order valence-electron chi connectivity index (χ0n) is 12.0. The van der Waals surface area contributed by atoms with E-state index in [2.05, 4.69) is 28.1 Å². The van der Waals surface area contributed by atoms with E-state index in [1.54, 1.807) is 7.11 Å². The first-order chi connectivity index (χ1) is 10.1. The second-order valence-corrected chi connectivity index (χ2v) is 5.95. The van der Waals surface area contributed by atoms with Crippen molar-refractivity contribution in [3.8, 4) is 5.75 Å². The molecule has 2 nitrogen and oxygen atoms in total. The molecule has 0 bridgehead atoms. The molecule has 0 heterocycles. The molecule has 0 spiro atoms. The quantitative estimate of drug-likeness (QED) is 0.854. The Hall–Kier alpha value is -1.39. The molecule has 1 atom stereocenters. The van der Waals surface area contributed by atoms with Crippen molar-refractivity contribution < 1.29 is 9.13 Å². The number of hydrogen-bond acceptors (Lipinski definition) is 2. The molecule has 0 fully saturated rings. The zero-order valence-corrected chi connectivity index (χ0v) is 13.6. The summed E-state index contributed by atoms with van der Waals surface area (Å²) < 4.78 is 19.1. The minimum atomic E-state index is -0.231. The molecule has 4 heteroatoms. The summed E-state index contributed by atoms with van der Waals surface area (Å²) in [6.45, 7) is 0.593. The maximum absolute atomic E-state index is 13.1. The maximum atomic E-state index is 13.1. The third kappa shape index (κ3) is 4.55. The topological polar surface area (TPSA) is 35.2 Å². The van der Waals surface area contributed by atoms with Gasteiger partial charge in [0.05, 0.1) is 7.11 Å². The molecule has 0 aliphatic rings. The van der Waals surface area contributed by atoms with Gasteiger partial charge in [-0.15, -0.1) is 0 Å². The lowest BCUT2D eigenvalue weighted by molar-refractivity contribution is 0.414. The van der Waals surface area contributed by atoms with E-state index < -0.39 is 0 Å². The monoisotopic (exact) mass is 351 g/mol. The molecule has 2 aromatic rings. The Morgan fingerprint density at radius 1 is 1.14 bits per heavy atom. The third-order valence-corrected chi connectivity index (χ3v) is 4.28. The Balaban J connectivity index is 2.05. The van der Waals surface area contributed by atoms with E-state index in [1.807, 2.05) is 18.2 Å².